The maximum Gasteiger partial charge on any atom is 0.0466 e. The zero-order valence-corrected chi connectivity index (χ0v) is 9.41. The SMILES string of the molecule is CCOCCCC1(CCl)CCCC1. The van der Waals surface area contributed by atoms with Gasteiger partial charge in [0.15, 0.2) is 0 Å². The van der Waals surface area contributed by atoms with Crippen LogP contribution in [0.4, 0.5) is 0 Å². The van der Waals surface area contributed by atoms with Gasteiger partial charge < -0.3 is 4.74 Å². The van der Waals surface area contributed by atoms with Gasteiger partial charge in [-0.15, -0.1) is 11.6 Å². The molecule has 1 aliphatic rings. The van der Waals surface area contributed by atoms with Gasteiger partial charge in [-0.3, -0.25) is 0 Å². The summed E-state index contributed by atoms with van der Waals surface area (Å²) in [5.41, 5.74) is 0.471. The molecule has 0 aliphatic heterocycles. The van der Waals surface area contributed by atoms with E-state index in [0.29, 0.717) is 5.41 Å². The Bertz CT molecular complexity index is 130. The number of halogens is 1. The molecule has 0 spiro atoms. The second kappa shape index (κ2) is 5.87. The molecule has 0 saturated heterocycles. The maximum absolute atomic E-state index is 6.04. The second-order valence-electron chi connectivity index (χ2n) is 4.14. The van der Waals surface area contributed by atoms with Crippen molar-refractivity contribution >= 4 is 11.6 Å². The van der Waals surface area contributed by atoms with E-state index >= 15 is 0 Å². The van der Waals surface area contributed by atoms with Gasteiger partial charge in [-0.25, -0.2) is 0 Å². The van der Waals surface area contributed by atoms with Gasteiger partial charge in [0.05, 0.1) is 0 Å². The van der Waals surface area contributed by atoms with Crippen LogP contribution in [-0.2, 0) is 4.74 Å². The van der Waals surface area contributed by atoms with Crippen molar-refractivity contribution in [3.63, 3.8) is 0 Å². The lowest BCUT2D eigenvalue weighted by atomic mass is 9.84. The third-order valence-electron chi connectivity index (χ3n) is 3.15. The monoisotopic (exact) mass is 204 g/mol. The van der Waals surface area contributed by atoms with E-state index in [1.54, 1.807) is 0 Å². The average molecular weight is 205 g/mol. The summed E-state index contributed by atoms with van der Waals surface area (Å²) < 4.78 is 5.34. The normalized spacial score (nSPS) is 20.8. The Morgan fingerprint density at radius 1 is 1.31 bits per heavy atom. The molecule has 0 heterocycles. The van der Waals surface area contributed by atoms with Crippen LogP contribution in [0.1, 0.15) is 45.4 Å². The first-order valence-corrected chi connectivity index (χ1v) is 6.00. The maximum atomic E-state index is 6.04. The molecule has 1 fully saturated rings. The molecular formula is C11H21ClO. The number of hydrogen-bond acceptors (Lipinski definition) is 1. The van der Waals surface area contributed by atoms with Gasteiger partial charge in [0.25, 0.3) is 0 Å². The lowest BCUT2D eigenvalue weighted by molar-refractivity contribution is 0.131. The Labute approximate surface area is 86.8 Å². The highest BCUT2D eigenvalue weighted by Crippen LogP contribution is 2.42. The summed E-state index contributed by atoms with van der Waals surface area (Å²) >= 11 is 6.04. The molecule has 0 amide bonds. The Kier molecular flexibility index (Phi) is 5.12. The van der Waals surface area contributed by atoms with Gasteiger partial charge in [0.2, 0.25) is 0 Å². The van der Waals surface area contributed by atoms with Crippen LogP contribution in [0.5, 0.6) is 0 Å². The molecule has 2 heteroatoms. The zero-order chi connectivity index (χ0) is 9.57. The van der Waals surface area contributed by atoms with Gasteiger partial charge in [-0.05, 0) is 38.0 Å². The van der Waals surface area contributed by atoms with Crippen LogP contribution >= 0.6 is 11.6 Å². The smallest absolute Gasteiger partial charge is 0.0466 e. The molecule has 13 heavy (non-hydrogen) atoms. The predicted octanol–water partition coefficient (Wildman–Crippen LogP) is 3.60. The van der Waals surface area contributed by atoms with Crippen molar-refractivity contribution in [3.8, 4) is 0 Å². The molecule has 0 radical (unpaired) electrons. The fourth-order valence-corrected chi connectivity index (χ4v) is 2.67. The molecule has 0 bridgehead atoms. The van der Waals surface area contributed by atoms with E-state index in [2.05, 4.69) is 0 Å². The molecular weight excluding hydrogens is 184 g/mol. The van der Waals surface area contributed by atoms with Crippen molar-refractivity contribution in [1.29, 1.82) is 0 Å². The summed E-state index contributed by atoms with van der Waals surface area (Å²) in [6.45, 7) is 3.80. The van der Waals surface area contributed by atoms with Gasteiger partial charge in [-0.1, -0.05) is 12.8 Å². The van der Waals surface area contributed by atoms with Gasteiger partial charge >= 0.3 is 0 Å². The van der Waals surface area contributed by atoms with Crippen LogP contribution in [0.25, 0.3) is 0 Å². The summed E-state index contributed by atoms with van der Waals surface area (Å²) in [5, 5.41) is 0. The summed E-state index contributed by atoms with van der Waals surface area (Å²) in [5.74, 6) is 0.846. The van der Waals surface area contributed by atoms with Crippen molar-refractivity contribution in [2.24, 2.45) is 5.41 Å². The topological polar surface area (TPSA) is 9.23 Å². The fraction of sp³-hybridized carbons (Fsp3) is 1.00. The highest BCUT2D eigenvalue weighted by molar-refractivity contribution is 6.18. The molecule has 1 aliphatic carbocycles. The largest absolute Gasteiger partial charge is 0.382 e. The lowest BCUT2D eigenvalue weighted by Crippen LogP contribution is -2.19. The van der Waals surface area contributed by atoms with Crippen LogP contribution in [0.15, 0.2) is 0 Å². The van der Waals surface area contributed by atoms with Gasteiger partial charge in [-0.2, -0.15) is 0 Å². The number of alkyl halides is 1. The van der Waals surface area contributed by atoms with E-state index < -0.39 is 0 Å². The number of ether oxygens (including phenoxy) is 1. The highest BCUT2D eigenvalue weighted by atomic mass is 35.5. The molecule has 0 unspecified atom stereocenters. The lowest BCUT2D eigenvalue weighted by Gasteiger charge is -2.25. The van der Waals surface area contributed by atoms with Crippen molar-refractivity contribution in [3.05, 3.63) is 0 Å². The summed E-state index contributed by atoms with van der Waals surface area (Å²) in [4.78, 5) is 0. The first-order valence-electron chi connectivity index (χ1n) is 5.47. The van der Waals surface area contributed by atoms with Crippen LogP contribution in [0.2, 0.25) is 0 Å². The first kappa shape index (κ1) is 11.3. The van der Waals surface area contributed by atoms with E-state index in [9.17, 15) is 0 Å². The van der Waals surface area contributed by atoms with Gasteiger partial charge in [0.1, 0.15) is 0 Å². The van der Waals surface area contributed by atoms with Crippen molar-refractivity contribution < 1.29 is 4.74 Å². The Morgan fingerprint density at radius 2 is 2.00 bits per heavy atom. The molecule has 1 rings (SSSR count). The summed E-state index contributed by atoms with van der Waals surface area (Å²) in [6.07, 6.45) is 7.87. The zero-order valence-electron chi connectivity index (χ0n) is 8.65. The minimum Gasteiger partial charge on any atom is -0.382 e. The molecule has 78 valence electrons. The quantitative estimate of drug-likeness (QED) is 0.475. The molecule has 0 aromatic heterocycles. The van der Waals surface area contributed by atoms with E-state index in [1.807, 2.05) is 6.92 Å². The third-order valence-corrected chi connectivity index (χ3v) is 3.71. The van der Waals surface area contributed by atoms with Crippen LogP contribution < -0.4 is 0 Å². The predicted molar refractivity (Wildman–Crippen MR) is 57.3 cm³/mol. The summed E-state index contributed by atoms with van der Waals surface area (Å²) in [6, 6.07) is 0. The van der Waals surface area contributed by atoms with E-state index in [1.165, 1.54) is 38.5 Å². The standard InChI is InChI=1S/C11H21ClO/c1-2-13-9-5-8-11(10-12)6-3-4-7-11/h2-10H2,1H3. The molecule has 1 saturated carbocycles. The Balaban J connectivity index is 2.16. The number of hydrogen-bond donors (Lipinski definition) is 0. The van der Waals surface area contributed by atoms with E-state index in [0.717, 1.165) is 19.1 Å². The molecule has 1 nitrogen and oxygen atoms in total. The third kappa shape index (κ3) is 3.47. The van der Waals surface area contributed by atoms with Crippen molar-refractivity contribution in [2.45, 2.75) is 45.4 Å². The van der Waals surface area contributed by atoms with Crippen LogP contribution in [0.3, 0.4) is 0 Å². The van der Waals surface area contributed by atoms with Crippen LogP contribution in [-0.4, -0.2) is 19.1 Å². The molecule has 0 aromatic carbocycles. The van der Waals surface area contributed by atoms with E-state index in [-0.39, 0.29) is 0 Å². The average Bonchev–Trinajstić information content (AvgIpc) is 2.62. The van der Waals surface area contributed by atoms with Crippen molar-refractivity contribution in [1.82, 2.24) is 0 Å². The first-order chi connectivity index (χ1) is 6.33. The van der Waals surface area contributed by atoms with E-state index in [4.69, 9.17) is 16.3 Å². The van der Waals surface area contributed by atoms with Crippen LogP contribution in [0, 0.1) is 5.41 Å². The minimum absolute atomic E-state index is 0.471. The summed E-state index contributed by atoms with van der Waals surface area (Å²) in [7, 11) is 0. The number of rotatable bonds is 6. The molecule has 0 aromatic rings. The molecule has 0 N–H and O–H groups in total. The highest BCUT2D eigenvalue weighted by Gasteiger charge is 2.31. The fourth-order valence-electron chi connectivity index (χ4n) is 2.27. The van der Waals surface area contributed by atoms with Gasteiger partial charge in [0, 0.05) is 19.1 Å². The Morgan fingerprint density at radius 3 is 2.54 bits per heavy atom. The minimum atomic E-state index is 0.471. The second-order valence-corrected chi connectivity index (χ2v) is 4.41. The van der Waals surface area contributed by atoms with Crippen molar-refractivity contribution in [2.75, 3.05) is 19.1 Å². The Hall–Kier alpha value is 0.250. The molecule has 0 atom stereocenters.